The summed E-state index contributed by atoms with van der Waals surface area (Å²) >= 11 is 1.70. The number of anilines is 1. The summed E-state index contributed by atoms with van der Waals surface area (Å²) in [5, 5.41) is 11.5. The lowest BCUT2D eigenvalue weighted by atomic mass is 10.1. The van der Waals surface area contributed by atoms with Gasteiger partial charge in [-0.2, -0.15) is 11.8 Å². The Morgan fingerprint density at radius 1 is 1.33 bits per heavy atom. The van der Waals surface area contributed by atoms with Gasteiger partial charge in [0.1, 0.15) is 0 Å². The van der Waals surface area contributed by atoms with E-state index in [1.807, 2.05) is 6.26 Å². The molecule has 0 aromatic heterocycles. The maximum atomic E-state index is 11.7. The number of nitrogens with one attached hydrogen (secondary N) is 1. The van der Waals surface area contributed by atoms with Crippen molar-refractivity contribution in [3.8, 4) is 0 Å². The summed E-state index contributed by atoms with van der Waals surface area (Å²) in [7, 11) is 0. The third kappa shape index (κ3) is 5.23. The minimum Gasteiger partial charge on any atom is -0.481 e. The number of carbonyl (C=O) groups is 2. The molecule has 2 N–H and O–H groups in total. The first-order chi connectivity index (χ1) is 8.63. The van der Waals surface area contributed by atoms with Crippen molar-refractivity contribution < 1.29 is 14.7 Å². The summed E-state index contributed by atoms with van der Waals surface area (Å²) in [6.07, 6.45) is 3.21. The van der Waals surface area contributed by atoms with E-state index in [9.17, 15) is 9.59 Å². The number of rotatable bonds is 7. The van der Waals surface area contributed by atoms with E-state index in [4.69, 9.17) is 5.11 Å². The van der Waals surface area contributed by atoms with Crippen molar-refractivity contribution in [2.75, 3.05) is 17.3 Å². The number of para-hydroxylation sites is 1. The molecule has 4 nitrogen and oxygen atoms in total. The molecule has 0 aliphatic carbocycles. The molecule has 0 unspecified atom stereocenters. The number of amides is 1. The van der Waals surface area contributed by atoms with E-state index in [1.54, 1.807) is 36.0 Å². The Morgan fingerprint density at radius 2 is 2.06 bits per heavy atom. The molecule has 0 saturated heterocycles. The molecule has 1 aromatic rings. The molecule has 1 aromatic carbocycles. The minimum absolute atomic E-state index is 0.0677. The highest BCUT2D eigenvalue weighted by Crippen LogP contribution is 2.16. The molecule has 0 radical (unpaired) electrons. The van der Waals surface area contributed by atoms with Gasteiger partial charge in [0.2, 0.25) is 5.91 Å². The van der Waals surface area contributed by atoms with Gasteiger partial charge in [0.05, 0.1) is 6.42 Å². The second-order valence-electron chi connectivity index (χ2n) is 3.87. The molecular formula is C13H17NO3S. The third-order valence-corrected chi connectivity index (χ3v) is 3.08. The molecule has 1 amide bonds. The molecule has 0 heterocycles. The summed E-state index contributed by atoms with van der Waals surface area (Å²) in [4.78, 5) is 22.4. The quantitative estimate of drug-likeness (QED) is 0.744. The smallest absolute Gasteiger partial charge is 0.307 e. The molecule has 0 bridgehead atoms. The topological polar surface area (TPSA) is 66.4 Å². The molecule has 0 aliphatic heterocycles. The summed E-state index contributed by atoms with van der Waals surface area (Å²) < 4.78 is 0. The average Bonchev–Trinajstić information content (AvgIpc) is 2.31. The van der Waals surface area contributed by atoms with Crippen LogP contribution in [0.3, 0.4) is 0 Å². The van der Waals surface area contributed by atoms with Gasteiger partial charge in [-0.3, -0.25) is 9.59 Å². The zero-order valence-electron chi connectivity index (χ0n) is 10.3. The predicted molar refractivity (Wildman–Crippen MR) is 74.0 cm³/mol. The lowest BCUT2D eigenvalue weighted by Crippen LogP contribution is -2.14. The Kier molecular flexibility index (Phi) is 6.28. The summed E-state index contributed by atoms with van der Waals surface area (Å²) in [5.41, 5.74) is 1.22. The fourth-order valence-electron chi connectivity index (χ4n) is 1.55. The van der Waals surface area contributed by atoms with Gasteiger partial charge in [-0.05, 0) is 30.1 Å². The van der Waals surface area contributed by atoms with Crippen molar-refractivity contribution in [2.45, 2.75) is 19.3 Å². The van der Waals surface area contributed by atoms with E-state index in [1.165, 1.54) is 0 Å². The second kappa shape index (κ2) is 7.76. The molecule has 1 rings (SSSR count). The first kappa shape index (κ1) is 14.6. The minimum atomic E-state index is -0.904. The van der Waals surface area contributed by atoms with Crippen molar-refractivity contribution in [1.29, 1.82) is 0 Å². The molecular weight excluding hydrogens is 250 g/mol. The highest BCUT2D eigenvalue weighted by Gasteiger charge is 2.08. The van der Waals surface area contributed by atoms with Gasteiger partial charge in [-0.15, -0.1) is 0 Å². The number of hydrogen-bond donors (Lipinski definition) is 2. The normalized spacial score (nSPS) is 10.1. The predicted octanol–water partition coefficient (Wildman–Crippen LogP) is 2.40. The third-order valence-electron chi connectivity index (χ3n) is 2.39. The van der Waals surface area contributed by atoms with E-state index in [0.29, 0.717) is 17.7 Å². The Balaban J connectivity index is 2.60. The highest BCUT2D eigenvalue weighted by atomic mass is 32.2. The molecule has 98 valence electrons. The van der Waals surface area contributed by atoms with Gasteiger partial charge in [0.25, 0.3) is 0 Å². The van der Waals surface area contributed by atoms with Gasteiger partial charge < -0.3 is 10.4 Å². The van der Waals surface area contributed by atoms with E-state index in [-0.39, 0.29) is 12.3 Å². The van der Waals surface area contributed by atoms with E-state index >= 15 is 0 Å². The lowest BCUT2D eigenvalue weighted by Gasteiger charge is -2.09. The van der Waals surface area contributed by atoms with Crippen LogP contribution in [0.1, 0.15) is 18.4 Å². The van der Waals surface area contributed by atoms with Crippen molar-refractivity contribution in [3.05, 3.63) is 29.8 Å². The van der Waals surface area contributed by atoms with Gasteiger partial charge in [0, 0.05) is 12.1 Å². The van der Waals surface area contributed by atoms with Crippen molar-refractivity contribution in [2.24, 2.45) is 0 Å². The van der Waals surface area contributed by atoms with Crippen LogP contribution in [0.25, 0.3) is 0 Å². The Bertz CT molecular complexity index is 420. The van der Waals surface area contributed by atoms with Crippen molar-refractivity contribution in [3.63, 3.8) is 0 Å². The van der Waals surface area contributed by atoms with Gasteiger partial charge in [-0.25, -0.2) is 0 Å². The summed E-state index contributed by atoms with van der Waals surface area (Å²) in [6.45, 7) is 0. The molecule has 0 atom stereocenters. The molecule has 0 aliphatic rings. The first-order valence-electron chi connectivity index (χ1n) is 5.72. The number of thioether (sulfide) groups is 1. The molecule has 5 heteroatoms. The van der Waals surface area contributed by atoms with Crippen LogP contribution in [-0.4, -0.2) is 29.0 Å². The Hall–Kier alpha value is -1.49. The van der Waals surface area contributed by atoms with Crippen LogP contribution in [0, 0.1) is 0 Å². The average molecular weight is 267 g/mol. The molecule has 18 heavy (non-hydrogen) atoms. The maximum Gasteiger partial charge on any atom is 0.307 e. The fourth-order valence-corrected chi connectivity index (χ4v) is 1.98. The van der Waals surface area contributed by atoms with Gasteiger partial charge in [-0.1, -0.05) is 18.2 Å². The van der Waals surface area contributed by atoms with E-state index in [2.05, 4.69) is 5.32 Å². The summed E-state index contributed by atoms with van der Waals surface area (Å²) in [6, 6.07) is 6.99. The van der Waals surface area contributed by atoms with Crippen molar-refractivity contribution >= 4 is 29.3 Å². The maximum absolute atomic E-state index is 11.7. The Labute approximate surface area is 111 Å². The second-order valence-corrected chi connectivity index (χ2v) is 4.86. The molecule has 0 saturated carbocycles. The zero-order valence-corrected chi connectivity index (χ0v) is 11.1. The van der Waals surface area contributed by atoms with Crippen LogP contribution >= 0.6 is 11.8 Å². The van der Waals surface area contributed by atoms with Crippen LogP contribution in [0.2, 0.25) is 0 Å². The van der Waals surface area contributed by atoms with Gasteiger partial charge in [0.15, 0.2) is 0 Å². The zero-order chi connectivity index (χ0) is 13.4. The van der Waals surface area contributed by atoms with Crippen LogP contribution in [-0.2, 0) is 16.0 Å². The van der Waals surface area contributed by atoms with Gasteiger partial charge >= 0.3 is 5.97 Å². The van der Waals surface area contributed by atoms with E-state index in [0.717, 1.165) is 12.2 Å². The number of aliphatic carboxylic acids is 1. The molecule has 0 spiro atoms. The van der Waals surface area contributed by atoms with Crippen LogP contribution in [0.15, 0.2) is 24.3 Å². The summed E-state index contributed by atoms with van der Waals surface area (Å²) in [5.74, 6) is -0.0227. The van der Waals surface area contributed by atoms with Crippen LogP contribution < -0.4 is 5.32 Å². The number of benzene rings is 1. The first-order valence-corrected chi connectivity index (χ1v) is 7.11. The monoisotopic (exact) mass is 267 g/mol. The van der Waals surface area contributed by atoms with Crippen LogP contribution in [0.5, 0.6) is 0 Å². The van der Waals surface area contributed by atoms with E-state index < -0.39 is 5.97 Å². The highest BCUT2D eigenvalue weighted by molar-refractivity contribution is 7.98. The number of hydrogen-bond acceptors (Lipinski definition) is 3. The van der Waals surface area contributed by atoms with Crippen LogP contribution in [0.4, 0.5) is 5.69 Å². The molecule has 0 fully saturated rings. The lowest BCUT2D eigenvalue weighted by molar-refractivity contribution is -0.136. The standard InChI is InChI=1S/C13H17NO3S/c1-18-8-4-7-12(15)14-11-6-3-2-5-10(11)9-13(16)17/h2-3,5-6H,4,7-9H2,1H3,(H,14,15)(H,16,17). The fraction of sp³-hybridized carbons (Fsp3) is 0.385. The SMILES string of the molecule is CSCCCC(=O)Nc1ccccc1CC(=O)O. The largest absolute Gasteiger partial charge is 0.481 e. The van der Waals surface area contributed by atoms with Crippen molar-refractivity contribution in [1.82, 2.24) is 0 Å². The number of carboxylic acids is 1. The number of carbonyl (C=O) groups excluding carboxylic acids is 1. The Morgan fingerprint density at radius 3 is 2.72 bits per heavy atom. The number of carboxylic acid groups (broad SMARTS) is 1.